The van der Waals surface area contributed by atoms with Gasteiger partial charge in [0.1, 0.15) is 0 Å². The molecule has 0 radical (unpaired) electrons. The second-order valence-electron chi connectivity index (χ2n) is 8.14. The normalized spacial score (nSPS) is 46.4. The van der Waals surface area contributed by atoms with E-state index in [4.69, 9.17) is 0 Å². The molecule has 3 heteroatoms. The summed E-state index contributed by atoms with van der Waals surface area (Å²) in [5, 5.41) is 6.67. The van der Waals surface area contributed by atoms with E-state index in [9.17, 15) is 4.79 Å². The Hall–Kier alpha value is -0.570. The molecule has 1 atom stereocenters. The van der Waals surface area contributed by atoms with Crippen LogP contribution < -0.4 is 10.6 Å². The molecule has 0 aromatic rings. The number of nitrogens with one attached hydrogen (secondary N) is 2. The molecule has 4 saturated carbocycles. The van der Waals surface area contributed by atoms with Crippen LogP contribution in [0.1, 0.15) is 57.8 Å². The lowest BCUT2D eigenvalue weighted by Gasteiger charge is -2.57. The number of hydrogen-bond acceptors (Lipinski definition) is 2. The minimum atomic E-state index is 0.0812. The van der Waals surface area contributed by atoms with E-state index in [1.54, 1.807) is 0 Å². The van der Waals surface area contributed by atoms with Crippen molar-refractivity contribution in [1.29, 1.82) is 0 Å². The first-order valence-electron chi connectivity index (χ1n) is 8.74. The van der Waals surface area contributed by atoms with Gasteiger partial charge in [-0.3, -0.25) is 4.79 Å². The minimum Gasteiger partial charge on any atom is -0.354 e. The van der Waals surface area contributed by atoms with Crippen molar-refractivity contribution in [3.8, 4) is 0 Å². The Kier molecular flexibility index (Phi) is 3.29. The Balaban J connectivity index is 1.36. The molecule has 112 valence electrons. The molecule has 1 unspecified atom stereocenters. The summed E-state index contributed by atoms with van der Waals surface area (Å²) in [5.41, 5.74) is 0.471. The second-order valence-corrected chi connectivity index (χ2v) is 8.14. The highest BCUT2D eigenvalue weighted by Crippen LogP contribution is 2.59. The first-order chi connectivity index (χ1) is 9.72. The van der Waals surface area contributed by atoms with Crippen LogP contribution in [0, 0.1) is 23.2 Å². The summed E-state index contributed by atoms with van der Waals surface area (Å²) in [5.74, 6) is 3.20. The van der Waals surface area contributed by atoms with Crippen molar-refractivity contribution in [2.45, 2.75) is 63.8 Å². The van der Waals surface area contributed by atoms with E-state index in [1.807, 2.05) is 0 Å². The van der Waals surface area contributed by atoms with E-state index >= 15 is 0 Å². The monoisotopic (exact) mass is 276 g/mol. The molecule has 5 aliphatic rings. The topological polar surface area (TPSA) is 41.1 Å². The number of carbonyl (C=O) groups excluding carboxylic acids is 1. The predicted octanol–water partition coefficient (Wildman–Crippen LogP) is 2.46. The molecule has 1 heterocycles. The highest BCUT2D eigenvalue weighted by atomic mass is 16.2. The average Bonchev–Trinajstić information content (AvgIpc) is 2.44. The van der Waals surface area contributed by atoms with E-state index in [0.29, 0.717) is 5.41 Å². The molecule has 1 aliphatic heterocycles. The molecule has 0 spiro atoms. The van der Waals surface area contributed by atoms with Gasteiger partial charge in [-0.1, -0.05) is 6.42 Å². The fraction of sp³-hybridized carbons (Fsp3) is 0.941. The van der Waals surface area contributed by atoms with E-state index in [0.717, 1.165) is 37.3 Å². The van der Waals surface area contributed by atoms with Crippen LogP contribution in [0.2, 0.25) is 0 Å². The van der Waals surface area contributed by atoms with Crippen LogP contribution in [0.4, 0.5) is 0 Å². The third-order valence-electron chi connectivity index (χ3n) is 6.43. The molecule has 3 nitrogen and oxygen atoms in total. The zero-order chi connectivity index (χ0) is 13.6. The average molecular weight is 276 g/mol. The smallest absolute Gasteiger partial charge is 0.237 e. The van der Waals surface area contributed by atoms with Crippen LogP contribution in [0.15, 0.2) is 0 Å². The molecule has 0 aromatic carbocycles. The van der Waals surface area contributed by atoms with Gasteiger partial charge in [0.05, 0.1) is 6.04 Å². The van der Waals surface area contributed by atoms with Crippen LogP contribution in [-0.2, 0) is 4.79 Å². The largest absolute Gasteiger partial charge is 0.354 e. The van der Waals surface area contributed by atoms with Crippen LogP contribution in [0.5, 0.6) is 0 Å². The molecule has 1 saturated heterocycles. The van der Waals surface area contributed by atoms with Gasteiger partial charge in [-0.25, -0.2) is 0 Å². The standard InChI is InChI=1S/C17H28N2O/c20-16(15-3-1-2-4-18-15)19-11-17-8-12-5-13(9-17)7-14(6-12)10-17/h12-15,18H,1-11H2,(H,19,20). The molecule has 2 N–H and O–H groups in total. The van der Waals surface area contributed by atoms with Crippen molar-refractivity contribution in [3.63, 3.8) is 0 Å². The Labute approximate surface area is 122 Å². The number of rotatable bonds is 3. The highest BCUT2D eigenvalue weighted by Gasteiger charge is 2.50. The fourth-order valence-electron chi connectivity index (χ4n) is 5.98. The Bertz CT molecular complexity index is 351. The molecule has 4 aliphatic carbocycles. The fourth-order valence-corrected chi connectivity index (χ4v) is 5.98. The minimum absolute atomic E-state index is 0.0812. The van der Waals surface area contributed by atoms with Crippen LogP contribution in [0.25, 0.3) is 0 Å². The molecule has 20 heavy (non-hydrogen) atoms. The number of piperidine rings is 1. The molecular weight excluding hydrogens is 248 g/mol. The second kappa shape index (κ2) is 5.01. The summed E-state index contributed by atoms with van der Waals surface area (Å²) in [4.78, 5) is 12.3. The van der Waals surface area contributed by atoms with Crippen molar-refractivity contribution in [1.82, 2.24) is 10.6 Å². The van der Waals surface area contributed by atoms with Crippen molar-refractivity contribution in [2.75, 3.05) is 13.1 Å². The zero-order valence-electron chi connectivity index (χ0n) is 12.5. The van der Waals surface area contributed by atoms with E-state index < -0.39 is 0 Å². The number of amides is 1. The van der Waals surface area contributed by atoms with E-state index in [1.165, 1.54) is 51.4 Å². The summed E-state index contributed by atoms with van der Waals surface area (Å²) in [6, 6.07) is 0.0812. The van der Waals surface area contributed by atoms with Crippen molar-refractivity contribution >= 4 is 5.91 Å². The van der Waals surface area contributed by atoms with Gasteiger partial charge in [-0.2, -0.15) is 0 Å². The highest BCUT2D eigenvalue weighted by molar-refractivity contribution is 5.81. The quantitative estimate of drug-likeness (QED) is 0.831. The van der Waals surface area contributed by atoms with E-state index in [-0.39, 0.29) is 11.9 Å². The first-order valence-corrected chi connectivity index (χ1v) is 8.74. The van der Waals surface area contributed by atoms with Crippen LogP contribution >= 0.6 is 0 Å². The maximum Gasteiger partial charge on any atom is 0.237 e. The summed E-state index contributed by atoms with van der Waals surface area (Å²) < 4.78 is 0. The molecule has 0 aromatic heterocycles. The Morgan fingerprint density at radius 3 is 2.25 bits per heavy atom. The van der Waals surface area contributed by atoms with Gasteiger partial charge in [-0.15, -0.1) is 0 Å². The maximum absolute atomic E-state index is 12.3. The molecule has 1 amide bonds. The number of hydrogen-bond donors (Lipinski definition) is 2. The maximum atomic E-state index is 12.3. The van der Waals surface area contributed by atoms with Gasteiger partial charge < -0.3 is 10.6 Å². The van der Waals surface area contributed by atoms with Crippen molar-refractivity contribution < 1.29 is 4.79 Å². The molecule has 4 bridgehead atoms. The Morgan fingerprint density at radius 1 is 1.05 bits per heavy atom. The summed E-state index contributed by atoms with van der Waals surface area (Å²) in [7, 11) is 0. The van der Waals surface area contributed by atoms with Gasteiger partial charge in [0, 0.05) is 6.54 Å². The van der Waals surface area contributed by atoms with Gasteiger partial charge >= 0.3 is 0 Å². The SMILES string of the molecule is O=C(NCC12CC3CC(CC(C3)C1)C2)C1CCCCN1. The summed E-state index contributed by atoms with van der Waals surface area (Å²) in [6.07, 6.45) is 12.0. The van der Waals surface area contributed by atoms with Gasteiger partial charge in [0.15, 0.2) is 0 Å². The zero-order valence-corrected chi connectivity index (χ0v) is 12.5. The lowest BCUT2D eigenvalue weighted by atomic mass is 9.49. The lowest BCUT2D eigenvalue weighted by molar-refractivity contribution is -0.125. The molecule has 5 rings (SSSR count). The van der Waals surface area contributed by atoms with Gasteiger partial charge in [0.25, 0.3) is 0 Å². The van der Waals surface area contributed by atoms with Gasteiger partial charge in [-0.05, 0) is 81.1 Å². The lowest BCUT2D eigenvalue weighted by Crippen LogP contribution is -2.54. The first kappa shape index (κ1) is 13.1. The number of carbonyl (C=O) groups is 1. The summed E-state index contributed by atoms with van der Waals surface area (Å²) >= 11 is 0. The van der Waals surface area contributed by atoms with Gasteiger partial charge in [0.2, 0.25) is 5.91 Å². The molecule has 5 fully saturated rings. The van der Waals surface area contributed by atoms with Crippen molar-refractivity contribution in [2.24, 2.45) is 23.2 Å². The Morgan fingerprint density at radius 2 is 1.70 bits per heavy atom. The predicted molar refractivity (Wildman–Crippen MR) is 79.3 cm³/mol. The van der Waals surface area contributed by atoms with Crippen LogP contribution in [0.3, 0.4) is 0 Å². The third-order valence-corrected chi connectivity index (χ3v) is 6.43. The molecular formula is C17H28N2O. The summed E-state index contributed by atoms with van der Waals surface area (Å²) in [6.45, 7) is 1.96. The van der Waals surface area contributed by atoms with Crippen molar-refractivity contribution in [3.05, 3.63) is 0 Å². The third kappa shape index (κ3) is 2.38. The van der Waals surface area contributed by atoms with E-state index in [2.05, 4.69) is 10.6 Å². The van der Waals surface area contributed by atoms with Crippen LogP contribution in [-0.4, -0.2) is 25.0 Å².